The summed E-state index contributed by atoms with van der Waals surface area (Å²) >= 11 is 0. The molecule has 3 rings (SSSR count). The minimum absolute atomic E-state index is 0.0159. The quantitative estimate of drug-likeness (QED) is 0.555. The van der Waals surface area contributed by atoms with Crippen molar-refractivity contribution >= 4 is 21.6 Å². The maximum absolute atomic E-state index is 14.0. The topological polar surface area (TPSA) is 84.5 Å². The summed E-state index contributed by atoms with van der Waals surface area (Å²) < 4.78 is 61.0. The third kappa shape index (κ3) is 5.65. The van der Waals surface area contributed by atoms with Crippen LogP contribution in [0.5, 0.6) is 5.75 Å². The molecule has 0 heterocycles. The van der Waals surface area contributed by atoms with Crippen LogP contribution in [0.15, 0.2) is 77.7 Å². The minimum Gasteiger partial charge on any atom is -0.495 e. The molecule has 162 valence electrons. The largest absolute Gasteiger partial charge is 0.495 e. The molecule has 0 spiro atoms. The molecule has 0 saturated carbocycles. The summed E-state index contributed by atoms with van der Waals surface area (Å²) in [4.78, 5) is 12.4. The van der Waals surface area contributed by atoms with Crippen molar-refractivity contribution in [3.8, 4) is 5.75 Å². The Bertz CT molecular complexity index is 1170. The molecule has 1 amide bonds. The second-order valence-electron chi connectivity index (χ2n) is 6.63. The van der Waals surface area contributed by atoms with E-state index in [9.17, 15) is 22.0 Å². The first-order valence-corrected chi connectivity index (χ1v) is 10.7. The van der Waals surface area contributed by atoms with Crippen molar-refractivity contribution in [2.75, 3.05) is 12.4 Å². The zero-order valence-corrected chi connectivity index (χ0v) is 17.3. The predicted octanol–water partition coefficient (Wildman–Crippen LogP) is 3.50. The maximum Gasteiger partial charge on any atom is 0.245 e. The molecule has 0 aliphatic heterocycles. The van der Waals surface area contributed by atoms with Gasteiger partial charge in [0.05, 0.1) is 12.8 Å². The van der Waals surface area contributed by atoms with Gasteiger partial charge in [-0.1, -0.05) is 42.5 Å². The second-order valence-corrected chi connectivity index (χ2v) is 8.31. The average Bonchev–Trinajstić information content (AvgIpc) is 2.75. The molecule has 0 saturated heterocycles. The molecule has 0 fully saturated rings. The molecule has 0 aliphatic rings. The fourth-order valence-corrected chi connectivity index (χ4v) is 4.31. The van der Waals surface area contributed by atoms with Crippen LogP contribution in [0.3, 0.4) is 0 Å². The molecule has 3 aromatic rings. The van der Waals surface area contributed by atoms with Crippen LogP contribution in [0.2, 0.25) is 0 Å². The lowest BCUT2D eigenvalue weighted by Crippen LogP contribution is -2.45. The maximum atomic E-state index is 14.0. The number of carbonyl (C=O) groups is 1. The summed E-state index contributed by atoms with van der Waals surface area (Å²) in [5.74, 6) is -2.30. The first-order chi connectivity index (χ1) is 14.8. The van der Waals surface area contributed by atoms with Crippen molar-refractivity contribution in [1.29, 1.82) is 0 Å². The highest BCUT2D eigenvalue weighted by atomic mass is 32.2. The predicted molar refractivity (Wildman–Crippen MR) is 112 cm³/mol. The first kappa shape index (κ1) is 22.4. The highest BCUT2D eigenvalue weighted by Crippen LogP contribution is 2.25. The Balaban J connectivity index is 1.93. The van der Waals surface area contributed by atoms with Gasteiger partial charge in [-0.25, -0.2) is 17.2 Å². The number of benzene rings is 3. The van der Waals surface area contributed by atoms with E-state index >= 15 is 0 Å². The molecule has 0 radical (unpaired) electrons. The lowest BCUT2D eigenvalue weighted by Gasteiger charge is -2.20. The summed E-state index contributed by atoms with van der Waals surface area (Å²) in [5, 5.41) is 2.40. The van der Waals surface area contributed by atoms with Crippen molar-refractivity contribution in [3.05, 3.63) is 90.0 Å². The number of anilines is 1. The second kappa shape index (κ2) is 9.67. The molecule has 1 unspecified atom stereocenters. The van der Waals surface area contributed by atoms with Crippen molar-refractivity contribution in [3.63, 3.8) is 0 Å². The van der Waals surface area contributed by atoms with E-state index in [0.717, 1.165) is 12.1 Å². The fourth-order valence-electron chi connectivity index (χ4n) is 2.93. The Morgan fingerprint density at radius 3 is 2.35 bits per heavy atom. The van der Waals surface area contributed by atoms with Crippen molar-refractivity contribution in [2.24, 2.45) is 0 Å². The van der Waals surface area contributed by atoms with Crippen LogP contribution in [-0.4, -0.2) is 27.5 Å². The molecule has 2 N–H and O–H groups in total. The van der Waals surface area contributed by atoms with E-state index in [-0.39, 0.29) is 17.9 Å². The summed E-state index contributed by atoms with van der Waals surface area (Å²) in [5.41, 5.74) is 0.582. The van der Waals surface area contributed by atoms with E-state index in [4.69, 9.17) is 4.74 Å². The van der Waals surface area contributed by atoms with E-state index in [1.54, 1.807) is 30.3 Å². The number of para-hydroxylation sites is 1. The minimum atomic E-state index is -4.36. The highest BCUT2D eigenvalue weighted by Gasteiger charge is 2.29. The molecular weight excluding hydrogens is 426 g/mol. The van der Waals surface area contributed by atoms with Crippen LogP contribution in [0, 0.1) is 11.6 Å². The number of carbonyl (C=O) groups excluding carboxylic acids is 1. The van der Waals surface area contributed by atoms with Gasteiger partial charge < -0.3 is 10.1 Å². The zero-order valence-electron chi connectivity index (χ0n) is 16.5. The Hall–Kier alpha value is -3.30. The van der Waals surface area contributed by atoms with Crippen molar-refractivity contribution < 1.29 is 26.7 Å². The Morgan fingerprint density at radius 1 is 1.00 bits per heavy atom. The van der Waals surface area contributed by atoms with Crippen LogP contribution in [0.25, 0.3) is 0 Å². The van der Waals surface area contributed by atoms with Crippen molar-refractivity contribution in [2.45, 2.75) is 17.4 Å². The van der Waals surface area contributed by atoms with Gasteiger partial charge in [-0.2, -0.15) is 4.72 Å². The summed E-state index contributed by atoms with van der Waals surface area (Å²) in [7, 11) is -3.11. The fraction of sp³-hybridized carbons (Fsp3) is 0.136. The molecular formula is C22H20F2N2O4S. The SMILES string of the molecule is COc1ccc(F)cc1S(=O)(=O)NC(Cc1ccccc1)C(=O)Nc1ccccc1F. The average molecular weight is 446 g/mol. The Morgan fingerprint density at radius 2 is 1.68 bits per heavy atom. The van der Waals surface area contributed by atoms with Gasteiger partial charge in [0, 0.05) is 0 Å². The third-order valence-electron chi connectivity index (χ3n) is 4.44. The lowest BCUT2D eigenvalue weighted by molar-refractivity contribution is -0.117. The number of ether oxygens (including phenoxy) is 1. The number of sulfonamides is 1. The number of amides is 1. The number of methoxy groups -OCH3 is 1. The van der Waals surface area contributed by atoms with Crippen LogP contribution in [-0.2, 0) is 21.2 Å². The third-order valence-corrected chi connectivity index (χ3v) is 5.94. The standard InChI is InChI=1S/C22H20F2N2O4S/c1-30-20-12-11-16(23)14-21(20)31(28,29)26-19(13-15-7-3-2-4-8-15)22(27)25-18-10-6-5-9-17(18)24/h2-12,14,19,26H,13H2,1H3,(H,25,27). The Kier molecular flexibility index (Phi) is 6.98. The molecule has 31 heavy (non-hydrogen) atoms. The molecule has 0 bridgehead atoms. The molecule has 9 heteroatoms. The summed E-state index contributed by atoms with van der Waals surface area (Å²) in [6.45, 7) is 0. The first-order valence-electron chi connectivity index (χ1n) is 9.25. The van der Waals surface area contributed by atoms with E-state index in [2.05, 4.69) is 10.0 Å². The van der Waals surface area contributed by atoms with Gasteiger partial charge in [0.2, 0.25) is 15.9 Å². The number of nitrogens with one attached hydrogen (secondary N) is 2. The van der Waals surface area contributed by atoms with Crippen LogP contribution < -0.4 is 14.8 Å². The smallest absolute Gasteiger partial charge is 0.245 e. The van der Waals surface area contributed by atoms with Gasteiger partial charge in [-0.05, 0) is 42.3 Å². The van der Waals surface area contributed by atoms with Gasteiger partial charge >= 0.3 is 0 Å². The number of hydrogen-bond acceptors (Lipinski definition) is 4. The summed E-state index contributed by atoms with van der Waals surface area (Å²) in [6, 6.07) is 16.0. The van der Waals surface area contributed by atoms with Gasteiger partial charge in [0.15, 0.2) is 0 Å². The van der Waals surface area contributed by atoms with E-state index in [1.165, 1.54) is 37.4 Å². The molecule has 6 nitrogen and oxygen atoms in total. The van der Waals surface area contributed by atoms with E-state index < -0.39 is 38.5 Å². The zero-order chi connectivity index (χ0) is 22.4. The monoisotopic (exact) mass is 446 g/mol. The van der Waals surface area contributed by atoms with Gasteiger partial charge in [-0.15, -0.1) is 0 Å². The van der Waals surface area contributed by atoms with Gasteiger partial charge in [0.25, 0.3) is 0 Å². The van der Waals surface area contributed by atoms with Crippen LogP contribution >= 0.6 is 0 Å². The number of rotatable bonds is 8. The van der Waals surface area contributed by atoms with Crippen LogP contribution in [0.1, 0.15) is 5.56 Å². The summed E-state index contributed by atoms with van der Waals surface area (Å²) in [6.07, 6.45) is -0.0159. The molecule has 0 aromatic heterocycles. The van der Waals surface area contributed by atoms with Gasteiger partial charge in [0.1, 0.15) is 28.3 Å². The normalized spacial score (nSPS) is 12.2. The van der Waals surface area contributed by atoms with Gasteiger partial charge in [-0.3, -0.25) is 4.79 Å². The molecule has 1 atom stereocenters. The van der Waals surface area contributed by atoms with E-state index in [1.807, 2.05) is 0 Å². The molecule has 0 aliphatic carbocycles. The lowest BCUT2D eigenvalue weighted by atomic mass is 10.1. The molecule has 3 aromatic carbocycles. The number of halogens is 2. The Labute approximate surface area is 178 Å². The number of hydrogen-bond donors (Lipinski definition) is 2. The highest BCUT2D eigenvalue weighted by molar-refractivity contribution is 7.89. The van der Waals surface area contributed by atoms with Crippen molar-refractivity contribution in [1.82, 2.24) is 4.72 Å². The van der Waals surface area contributed by atoms with Crippen LogP contribution in [0.4, 0.5) is 14.5 Å². The van der Waals surface area contributed by atoms with E-state index in [0.29, 0.717) is 5.56 Å².